The molecule has 0 N–H and O–H groups in total. The number of benzene rings is 4. The van der Waals surface area contributed by atoms with Gasteiger partial charge in [-0.05, 0) is 94.2 Å². The van der Waals surface area contributed by atoms with Crippen LogP contribution in [0.25, 0.3) is 34.4 Å². The van der Waals surface area contributed by atoms with Crippen LogP contribution < -0.4 is 0 Å². The fourth-order valence-electron chi connectivity index (χ4n) is 8.21. The number of rotatable bonds is 16. The minimum absolute atomic E-state index is 0.559. The summed E-state index contributed by atoms with van der Waals surface area (Å²) in [4.78, 5) is 0. The summed E-state index contributed by atoms with van der Waals surface area (Å²) >= 11 is 0. The summed E-state index contributed by atoms with van der Waals surface area (Å²) in [5.74, 6) is 1.12. The summed E-state index contributed by atoms with van der Waals surface area (Å²) in [5, 5.41) is 0. The summed E-state index contributed by atoms with van der Waals surface area (Å²) in [5.41, 5.74) is 18.4. The Hall–Kier alpha value is -3.42. The van der Waals surface area contributed by atoms with Crippen molar-refractivity contribution in [3.63, 3.8) is 0 Å². The zero-order valence-corrected chi connectivity index (χ0v) is 30.4. The van der Waals surface area contributed by atoms with Gasteiger partial charge in [-0.25, -0.2) is 0 Å². The highest BCUT2D eigenvalue weighted by Gasteiger charge is 2.31. The van der Waals surface area contributed by atoms with Gasteiger partial charge in [-0.1, -0.05) is 174 Å². The molecule has 0 saturated heterocycles. The van der Waals surface area contributed by atoms with Crippen molar-refractivity contribution < 1.29 is 0 Å². The highest BCUT2D eigenvalue weighted by molar-refractivity contribution is 6.36. The first-order valence-electron chi connectivity index (χ1n) is 18.7. The molecule has 0 nitrogen and oxygen atoms in total. The van der Waals surface area contributed by atoms with Gasteiger partial charge in [0.1, 0.15) is 0 Å². The van der Waals surface area contributed by atoms with Gasteiger partial charge in [0.15, 0.2) is 0 Å². The van der Waals surface area contributed by atoms with Gasteiger partial charge < -0.3 is 0 Å². The summed E-state index contributed by atoms with van der Waals surface area (Å²) in [6.45, 7) is 9.30. The molecule has 0 saturated carbocycles. The van der Waals surface area contributed by atoms with Crippen LogP contribution in [0.1, 0.15) is 124 Å². The second-order valence-corrected chi connectivity index (χ2v) is 15.2. The molecule has 2 aliphatic rings. The lowest BCUT2D eigenvalue weighted by molar-refractivity contribution is 0.730. The van der Waals surface area contributed by atoms with E-state index in [-0.39, 0.29) is 0 Å². The van der Waals surface area contributed by atoms with Gasteiger partial charge in [-0.3, -0.25) is 0 Å². The minimum Gasteiger partial charge on any atom is -0.0654 e. The summed E-state index contributed by atoms with van der Waals surface area (Å²) in [6, 6.07) is 34.9. The lowest BCUT2D eigenvalue weighted by atomic mass is 9.88. The molecule has 0 amide bonds. The topological polar surface area (TPSA) is 0 Å². The van der Waals surface area contributed by atoms with E-state index in [1.54, 1.807) is 22.3 Å². The van der Waals surface area contributed by atoms with Crippen molar-refractivity contribution >= 4 is 21.7 Å². The van der Waals surface area contributed by atoms with E-state index in [1.165, 1.54) is 108 Å². The highest BCUT2D eigenvalue weighted by atomic mass is 28.2. The molecule has 6 rings (SSSR count). The molecule has 0 spiro atoms. The summed E-state index contributed by atoms with van der Waals surface area (Å²) in [7, 11) is 0.946. The van der Waals surface area contributed by atoms with Crippen LogP contribution >= 0.6 is 0 Å². The molecule has 0 fully saturated rings. The van der Waals surface area contributed by atoms with E-state index in [4.69, 9.17) is 0 Å². The minimum atomic E-state index is 0.559. The van der Waals surface area contributed by atoms with Crippen LogP contribution in [0.2, 0.25) is 12.1 Å². The monoisotopic (exact) mass is 634 g/mol. The quantitative estimate of drug-likeness (QED) is 0.108. The first kappa shape index (κ1) is 33.5. The Bertz CT molecular complexity index is 1560. The average molecular weight is 635 g/mol. The van der Waals surface area contributed by atoms with E-state index < -0.39 is 0 Å². The van der Waals surface area contributed by atoms with E-state index in [2.05, 4.69) is 125 Å². The van der Waals surface area contributed by atoms with E-state index in [0.29, 0.717) is 11.8 Å². The molecule has 242 valence electrons. The first-order valence-corrected chi connectivity index (χ1v) is 20.1. The molecule has 2 unspecified atom stereocenters. The summed E-state index contributed by atoms with van der Waals surface area (Å²) in [6.07, 6.45) is 17.4. The average Bonchev–Trinajstić information content (AvgIpc) is 3.64. The van der Waals surface area contributed by atoms with Crippen molar-refractivity contribution in [1.29, 1.82) is 0 Å². The third-order valence-electron chi connectivity index (χ3n) is 10.5. The molecule has 0 bridgehead atoms. The number of aryl methyl sites for hydroxylation is 2. The van der Waals surface area contributed by atoms with Crippen molar-refractivity contribution in [2.75, 3.05) is 0 Å². The van der Waals surface area contributed by atoms with Crippen molar-refractivity contribution in [3.8, 4) is 22.3 Å². The van der Waals surface area contributed by atoms with Crippen LogP contribution in [0.5, 0.6) is 0 Å². The van der Waals surface area contributed by atoms with Crippen molar-refractivity contribution in [3.05, 3.63) is 129 Å². The zero-order valence-electron chi connectivity index (χ0n) is 29.4. The molecule has 2 aliphatic carbocycles. The third kappa shape index (κ3) is 7.21. The molecule has 0 heterocycles. The van der Waals surface area contributed by atoms with Crippen molar-refractivity contribution in [2.24, 2.45) is 0 Å². The molecular formula is C46H54Si. The summed E-state index contributed by atoms with van der Waals surface area (Å²) < 4.78 is 0. The van der Waals surface area contributed by atoms with Gasteiger partial charge in [-0.2, -0.15) is 0 Å². The maximum atomic E-state index is 2.63. The fraction of sp³-hybridized carbons (Fsp3) is 0.391. The molecule has 0 aliphatic heterocycles. The van der Waals surface area contributed by atoms with Gasteiger partial charge in [-0.15, -0.1) is 0 Å². The maximum absolute atomic E-state index is 2.63. The molecule has 0 aromatic heterocycles. The second kappa shape index (κ2) is 16.1. The first-order chi connectivity index (χ1) is 23.2. The van der Waals surface area contributed by atoms with Gasteiger partial charge in [0.05, 0.1) is 0 Å². The predicted molar refractivity (Wildman–Crippen MR) is 208 cm³/mol. The van der Waals surface area contributed by atoms with Crippen molar-refractivity contribution in [2.45, 2.75) is 116 Å². The molecule has 1 heteroatoms. The molecule has 47 heavy (non-hydrogen) atoms. The Morgan fingerprint density at radius 1 is 0.468 bits per heavy atom. The zero-order chi connectivity index (χ0) is 32.6. The Balaban J connectivity index is 1.31. The van der Waals surface area contributed by atoms with E-state index in [1.807, 2.05) is 0 Å². The van der Waals surface area contributed by atoms with Gasteiger partial charge in [0, 0.05) is 21.4 Å². The maximum Gasteiger partial charge on any atom is 0.0397 e. The Kier molecular flexibility index (Phi) is 11.5. The lowest BCUT2D eigenvalue weighted by Crippen LogP contribution is -2.09. The molecule has 4 aromatic rings. The van der Waals surface area contributed by atoms with E-state index in [9.17, 15) is 0 Å². The van der Waals surface area contributed by atoms with Crippen molar-refractivity contribution in [1.82, 2.24) is 0 Å². The van der Waals surface area contributed by atoms with Crippen LogP contribution in [0.15, 0.2) is 96.1 Å². The van der Waals surface area contributed by atoms with E-state index in [0.717, 1.165) is 22.4 Å². The van der Waals surface area contributed by atoms with E-state index >= 15 is 0 Å². The van der Waals surface area contributed by atoms with Crippen LogP contribution in [0, 0.1) is 0 Å². The second-order valence-electron chi connectivity index (χ2n) is 13.8. The normalized spacial score (nSPS) is 16.6. The Labute approximate surface area is 288 Å². The Morgan fingerprint density at radius 3 is 1.28 bits per heavy atom. The molecule has 2 atom stereocenters. The predicted octanol–water partition coefficient (Wildman–Crippen LogP) is 13.5. The number of allylic oxidation sites excluding steroid dienone is 2. The standard InChI is InChI=1S/C46H54Si/c1-5-9-19-37-29-41-39(27-25-33(17-7-3)45(41)35-21-13-11-14-22-35)43(37)31-47-32-44-38(20-10-6-2)30-42-40(44)28-26-34(18-8-4)46(42)36-23-15-12-16-24-36/h11-16,21-30,43-44H,5-10,17-20,31-32H2,1-4H3. The van der Waals surface area contributed by atoms with Crippen LogP contribution in [0.4, 0.5) is 0 Å². The molecule has 4 aromatic carbocycles. The largest absolute Gasteiger partial charge is 0.0654 e. The van der Waals surface area contributed by atoms with Crippen LogP contribution in [-0.2, 0) is 12.8 Å². The van der Waals surface area contributed by atoms with Gasteiger partial charge in [0.25, 0.3) is 0 Å². The third-order valence-corrected chi connectivity index (χ3v) is 11.9. The SMILES string of the molecule is CCCCC1=Cc2c(ccc(CCC)c2-c2ccccc2)C1C[Si]CC1C(CCCC)=Cc2c1ccc(CCC)c2-c1ccccc1. The van der Waals surface area contributed by atoms with Crippen LogP contribution in [0.3, 0.4) is 0 Å². The number of hydrogen-bond donors (Lipinski definition) is 0. The van der Waals surface area contributed by atoms with Gasteiger partial charge in [0.2, 0.25) is 0 Å². The number of fused-ring (bicyclic) bond motifs is 2. The number of hydrogen-bond acceptors (Lipinski definition) is 0. The number of unbranched alkanes of at least 4 members (excludes halogenated alkanes) is 2. The molecule has 2 radical (unpaired) electrons. The lowest BCUT2D eigenvalue weighted by Gasteiger charge is -2.22. The van der Waals surface area contributed by atoms with Crippen LogP contribution in [-0.4, -0.2) is 9.52 Å². The Morgan fingerprint density at radius 2 is 0.894 bits per heavy atom. The fourth-order valence-corrected chi connectivity index (χ4v) is 9.92. The van der Waals surface area contributed by atoms with Gasteiger partial charge >= 0.3 is 0 Å². The molecular weight excluding hydrogens is 581 g/mol. The smallest absolute Gasteiger partial charge is 0.0397 e. The highest BCUT2D eigenvalue weighted by Crippen LogP contribution is 2.49.